The number of halogens is 1. The predicted molar refractivity (Wildman–Crippen MR) is 101 cm³/mol. The van der Waals surface area contributed by atoms with Crippen molar-refractivity contribution in [2.24, 2.45) is 5.73 Å². The van der Waals surface area contributed by atoms with E-state index in [4.69, 9.17) is 27.4 Å². The van der Waals surface area contributed by atoms with Crippen molar-refractivity contribution in [3.8, 4) is 22.0 Å². The van der Waals surface area contributed by atoms with Crippen LogP contribution in [0.15, 0.2) is 35.7 Å². The maximum absolute atomic E-state index is 11.7. The van der Waals surface area contributed by atoms with Gasteiger partial charge < -0.3 is 15.4 Å². The molecule has 5 nitrogen and oxygen atoms in total. The number of hydrogen-bond donors (Lipinski definition) is 2. The van der Waals surface area contributed by atoms with E-state index in [1.54, 1.807) is 6.07 Å². The summed E-state index contributed by atoms with van der Waals surface area (Å²) in [6, 6.07) is 9.31. The van der Waals surface area contributed by atoms with E-state index in [2.05, 4.69) is 0 Å². The van der Waals surface area contributed by atoms with E-state index in [0.717, 1.165) is 27.7 Å². The van der Waals surface area contributed by atoms with Gasteiger partial charge in [-0.1, -0.05) is 23.7 Å². The normalized spacial score (nSPS) is 11.0. The first-order valence-electron chi connectivity index (χ1n) is 7.84. The van der Waals surface area contributed by atoms with Crippen LogP contribution in [0.1, 0.15) is 22.5 Å². The molecule has 2 heterocycles. The first-order valence-corrected chi connectivity index (χ1v) is 9.09. The number of aliphatic hydroxyl groups excluding tert-OH is 1. The number of amides is 1. The van der Waals surface area contributed by atoms with Gasteiger partial charge >= 0.3 is 0 Å². The molecule has 130 valence electrons. The van der Waals surface area contributed by atoms with Gasteiger partial charge in [0.15, 0.2) is 0 Å². The van der Waals surface area contributed by atoms with Crippen LogP contribution in [0.3, 0.4) is 0 Å². The second kappa shape index (κ2) is 7.39. The largest absolute Gasteiger partial charge is 0.396 e. The van der Waals surface area contributed by atoms with E-state index in [9.17, 15) is 4.79 Å². The van der Waals surface area contributed by atoms with Gasteiger partial charge in [0.25, 0.3) is 5.91 Å². The average Bonchev–Trinajstić information content (AvgIpc) is 3.18. The SMILES string of the molecule is Cc1c(C(N)=O)cc(-c2csc(-c3cccc(Cl)c3)n2)n1CCCO. The summed E-state index contributed by atoms with van der Waals surface area (Å²) >= 11 is 7.57. The zero-order chi connectivity index (χ0) is 18.0. The fraction of sp³-hybridized carbons (Fsp3) is 0.222. The Morgan fingerprint density at radius 3 is 2.88 bits per heavy atom. The average molecular weight is 376 g/mol. The molecule has 0 aliphatic carbocycles. The molecule has 3 N–H and O–H groups in total. The highest BCUT2D eigenvalue weighted by atomic mass is 35.5. The number of nitrogens with two attached hydrogens (primary N) is 1. The third-order valence-corrected chi connectivity index (χ3v) is 5.14. The standard InChI is InChI=1S/C18H18ClN3O2S/c1-11-14(17(20)24)9-16(22(11)6-3-7-23)15-10-25-18(21-15)12-4-2-5-13(19)8-12/h2,4-5,8-10,23H,3,6-7H2,1H3,(H2,20,24). The van der Waals surface area contributed by atoms with Gasteiger partial charge in [0.1, 0.15) is 5.01 Å². The summed E-state index contributed by atoms with van der Waals surface area (Å²) in [6.07, 6.45) is 0.589. The van der Waals surface area contributed by atoms with Crippen LogP contribution in [0.4, 0.5) is 0 Å². The maximum atomic E-state index is 11.7. The smallest absolute Gasteiger partial charge is 0.250 e. The molecule has 3 rings (SSSR count). The Balaban J connectivity index is 2.04. The minimum Gasteiger partial charge on any atom is -0.396 e. The molecule has 0 spiro atoms. The van der Waals surface area contributed by atoms with Gasteiger partial charge in [-0.15, -0.1) is 11.3 Å². The highest BCUT2D eigenvalue weighted by Gasteiger charge is 2.18. The molecule has 2 aromatic heterocycles. The Labute approximate surface area is 154 Å². The van der Waals surface area contributed by atoms with Crippen molar-refractivity contribution in [1.29, 1.82) is 0 Å². The molecule has 0 radical (unpaired) electrons. The zero-order valence-corrected chi connectivity index (χ0v) is 15.3. The molecule has 0 aliphatic heterocycles. The number of carbonyl (C=O) groups excluding carboxylic acids is 1. The van der Waals surface area contributed by atoms with Gasteiger partial charge in [-0.25, -0.2) is 4.98 Å². The molecule has 0 unspecified atom stereocenters. The molecule has 3 aromatic rings. The number of aromatic nitrogens is 2. The summed E-state index contributed by atoms with van der Waals surface area (Å²) in [4.78, 5) is 16.4. The molecule has 0 bridgehead atoms. The van der Waals surface area contributed by atoms with Crippen LogP contribution in [0, 0.1) is 6.92 Å². The Morgan fingerprint density at radius 1 is 1.40 bits per heavy atom. The fourth-order valence-corrected chi connectivity index (χ4v) is 3.77. The van der Waals surface area contributed by atoms with Crippen molar-refractivity contribution >= 4 is 28.8 Å². The van der Waals surface area contributed by atoms with E-state index < -0.39 is 5.91 Å². The number of thiazole rings is 1. The second-order valence-electron chi connectivity index (χ2n) is 5.67. The van der Waals surface area contributed by atoms with Crippen molar-refractivity contribution < 1.29 is 9.90 Å². The van der Waals surface area contributed by atoms with Gasteiger partial charge in [-0.2, -0.15) is 0 Å². The minimum atomic E-state index is -0.466. The molecular weight excluding hydrogens is 358 g/mol. The monoisotopic (exact) mass is 375 g/mol. The number of rotatable bonds is 6. The maximum Gasteiger partial charge on any atom is 0.250 e. The molecule has 1 aromatic carbocycles. The molecular formula is C18H18ClN3O2S. The van der Waals surface area contributed by atoms with Crippen molar-refractivity contribution in [2.45, 2.75) is 19.9 Å². The van der Waals surface area contributed by atoms with Crippen molar-refractivity contribution in [1.82, 2.24) is 9.55 Å². The number of hydrogen-bond acceptors (Lipinski definition) is 4. The van der Waals surface area contributed by atoms with E-state index in [1.807, 2.05) is 41.1 Å². The van der Waals surface area contributed by atoms with Crippen LogP contribution in [0.25, 0.3) is 22.0 Å². The van der Waals surface area contributed by atoms with E-state index in [1.165, 1.54) is 11.3 Å². The molecule has 7 heteroatoms. The van der Waals surface area contributed by atoms with Crippen LogP contribution in [-0.4, -0.2) is 27.2 Å². The van der Waals surface area contributed by atoms with Crippen molar-refractivity contribution in [3.05, 3.63) is 52.0 Å². The quantitative estimate of drug-likeness (QED) is 0.688. The number of primary amides is 1. The lowest BCUT2D eigenvalue weighted by Crippen LogP contribution is -2.12. The first kappa shape index (κ1) is 17.7. The molecule has 1 amide bonds. The number of nitrogens with zero attached hydrogens (tertiary/aromatic N) is 2. The van der Waals surface area contributed by atoms with E-state index >= 15 is 0 Å². The lowest BCUT2D eigenvalue weighted by molar-refractivity contribution is 0.0999. The Bertz CT molecular complexity index is 917. The van der Waals surface area contributed by atoms with Crippen LogP contribution < -0.4 is 5.73 Å². The second-order valence-corrected chi connectivity index (χ2v) is 6.96. The Kier molecular flexibility index (Phi) is 5.22. The summed E-state index contributed by atoms with van der Waals surface area (Å²) in [5.41, 5.74) is 9.29. The van der Waals surface area contributed by atoms with Crippen LogP contribution >= 0.6 is 22.9 Å². The molecule has 0 fully saturated rings. The summed E-state index contributed by atoms with van der Waals surface area (Å²) in [6.45, 7) is 2.52. The lowest BCUT2D eigenvalue weighted by Gasteiger charge is -2.09. The molecule has 0 saturated carbocycles. The van der Waals surface area contributed by atoms with Gasteiger partial charge in [0, 0.05) is 34.8 Å². The Hall–Kier alpha value is -2.15. The van der Waals surface area contributed by atoms with Crippen molar-refractivity contribution in [3.63, 3.8) is 0 Å². The molecule has 25 heavy (non-hydrogen) atoms. The van der Waals surface area contributed by atoms with Crippen LogP contribution in [0.5, 0.6) is 0 Å². The van der Waals surface area contributed by atoms with Crippen LogP contribution in [-0.2, 0) is 6.54 Å². The topological polar surface area (TPSA) is 81.1 Å². The number of carbonyl (C=O) groups is 1. The molecule has 0 saturated heterocycles. The summed E-state index contributed by atoms with van der Waals surface area (Å²) in [7, 11) is 0. The van der Waals surface area contributed by atoms with Crippen molar-refractivity contribution in [2.75, 3.05) is 6.61 Å². The van der Waals surface area contributed by atoms with E-state index in [-0.39, 0.29) is 6.61 Å². The first-order chi connectivity index (χ1) is 12.0. The van der Waals surface area contributed by atoms with Gasteiger partial charge in [-0.3, -0.25) is 4.79 Å². The number of benzene rings is 1. The minimum absolute atomic E-state index is 0.0772. The number of aliphatic hydroxyl groups is 1. The highest BCUT2D eigenvalue weighted by Crippen LogP contribution is 2.32. The fourth-order valence-electron chi connectivity index (χ4n) is 2.77. The summed E-state index contributed by atoms with van der Waals surface area (Å²) in [5, 5.41) is 12.6. The summed E-state index contributed by atoms with van der Waals surface area (Å²) in [5.74, 6) is -0.466. The highest BCUT2D eigenvalue weighted by molar-refractivity contribution is 7.13. The van der Waals surface area contributed by atoms with Gasteiger partial charge in [-0.05, 0) is 31.5 Å². The molecule has 0 atom stereocenters. The predicted octanol–water partition coefficient (Wildman–Crippen LogP) is 3.72. The lowest BCUT2D eigenvalue weighted by atomic mass is 10.2. The third kappa shape index (κ3) is 3.61. The van der Waals surface area contributed by atoms with Gasteiger partial charge in [0.05, 0.1) is 17.0 Å². The Morgan fingerprint density at radius 2 is 2.20 bits per heavy atom. The van der Waals surface area contributed by atoms with Gasteiger partial charge in [0.2, 0.25) is 0 Å². The summed E-state index contributed by atoms with van der Waals surface area (Å²) < 4.78 is 1.98. The molecule has 0 aliphatic rings. The van der Waals surface area contributed by atoms with E-state index in [0.29, 0.717) is 23.6 Å². The zero-order valence-electron chi connectivity index (χ0n) is 13.7. The van der Waals surface area contributed by atoms with Crippen LogP contribution in [0.2, 0.25) is 5.02 Å². The third-order valence-electron chi connectivity index (χ3n) is 4.01.